The molecule has 0 aromatic carbocycles. The Balaban J connectivity index is 2.86. The van der Waals surface area contributed by atoms with Crippen molar-refractivity contribution in [2.45, 2.75) is 0 Å². The third-order valence-corrected chi connectivity index (χ3v) is 1.57. The van der Waals surface area contributed by atoms with Crippen molar-refractivity contribution in [2.24, 2.45) is 7.05 Å². The van der Waals surface area contributed by atoms with Gasteiger partial charge in [-0.3, -0.25) is 0 Å². The molecular formula is C7H6BN3. The Bertz CT molecular complexity index is 393. The molecule has 4 heteroatoms. The van der Waals surface area contributed by atoms with E-state index in [4.69, 9.17) is 7.85 Å². The quantitative estimate of drug-likeness (QED) is 0.476. The number of aryl methyl sites for hydroxylation is 1. The maximum atomic E-state index is 5.52. The monoisotopic (exact) mass is 143 g/mol. The first-order valence-corrected chi connectivity index (χ1v) is 3.30. The van der Waals surface area contributed by atoms with E-state index in [9.17, 15) is 0 Å². The second-order valence-electron chi connectivity index (χ2n) is 2.47. The van der Waals surface area contributed by atoms with Gasteiger partial charge >= 0.3 is 0 Å². The standard InChI is InChI=1S/C7H6BN3/c1-11-4-10-6-2-5(8)3-9-7(6)11/h2-4H,1H3. The summed E-state index contributed by atoms with van der Waals surface area (Å²) in [6.45, 7) is 0. The highest BCUT2D eigenvalue weighted by atomic mass is 15.1. The molecule has 0 unspecified atom stereocenters. The summed E-state index contributed by atoms with van der Waals surface area (Å²) >= 11 is 0. The number of aromatic nitrogens is 3. The van der Waals surface area contributed by atoms with Crippen molar-refractivity contribution in [3.63, 3.8) is 0 Å². The predicted octanol–water partition coefficient (Wildman–Crippen LogP) is -0.238. The van der Waals surface area contributed by atoms with E-state index in [1.54, 1.807) is 12.5 Å². The molecule has 0 saturated heterocycles. The summed E-state index contributed by atoms with van der Waals surface area (Å²) in [4.78, 5) is 8.22. The fraction of sp³-hybridized carbons (Fsp3) is 0.143. The van der Waals surface area contributed by atoms with E-state index in [1.165, 1.54) is 0 Å². The highest BCUT2D eigenvalue weighted by molar-refractivity contribution is 6.32. The van der Waals surface area contributed by atoms with Crippen molar-refractivity contribution < 1.29 is 0 Å². The first-order valence-electron chi connectivity index (χ1n) is 3.30. The van der Waals surface area contributed by atoms with Gasteiger partial charge in [-0.2, -0.15) is 0 Å². The second-order valence-corrected chi connectivity index (χ2v) is 2.47. The van der Waals surface area contributed by atoms with E-state index in [0.717, 1.165) is 11.2 Å². The van der Waals surface area contributed by atoms with Crippen LogP contribution in [0.1, 0.15) is 0 Å². The molecule has 0 spiro atoms. The van der Waals surface area contributed by atoms with Gasteiger partial charge in [0.25, 0.3) is 0 Å². The van der Waals surface area contributed by atoms with Crippen molar-refractivity contribution >= 4 is 24.5 Å². The van der Waals surface area contributed by atoms with Gasteiger partial charge in [-0.25, -0.2) is 9.97 Å². The summed E-state index contributed by atoms with van der Waals surface area (Å²) in [5.74, 6) is 0. The smallest absolute Gasteiger partial charge is 0.159 e. The molecule has 0 N–H and O–H groups in total. The third-order valence-electron chi connectivity index (χ3n) is 1.57. The van der Waals surface area contributed by atoms with Crippen LogP contribution in [0.25, 0.3) is 11.2 Å². The van der Waals surface area contributed by atoms with Crippen LogP contribution >= 0.6 is 0 Å². The summed E-state index contributed by atoms with van der Waals surface area (Å²) < 4.78 is 1.86. The zero-order valence-corrected chi connectivity index (χ0v) is 6.15. The number of pyridine rings is 1. The molecule has 2 radical (unpaired) electrons. The lowest BCUT2D eigenvalue weighted by Gasteiger charge is -1.93. The van der Waals surface area contributed by atoms with Crippen LogP contribution in [0.5, 0.6) is 0 Å². The Labute approximate surface area is 65.5 Å². The Morgan fingerprint density at radius 1 is 1.45 bits per heavy atom. The van der Waals surface area contributed by atoms with Crippen LogP contribution < -0.4 is 5.46 Å². The molecule has 0 aliphatic heterocycles. The van der Waals surface area contributed by atoms with Gasteiger partial charge in [-0.15, -0.1) is 0 Å². The van der Waals surface area contributed by atoms with Crippen LogP contribution in [0.2, 0.25) is 0 Å². The molecule has 11 heavy (non-hydrogen) atoms. The minimum absolute atomic E-state index is 0.649. The van der Waals surface area contributed by atoms with Gasteiger partial charge in [0, 0.05) is 13.2 Å². The third kappa shape index (κ3) is 0.907. The predicted molar refractivity (Wildman–Crippen MR) is 43.9 cm³/mol. The van der Waals surface area contributed by atoms with Crippen molar-refractivity contribution in [1.82, 2.24) is 14.5 Å². The summed E-state index contributed by atoms with van der Waals surface area (Å²) in [6, 6.07) is 1.81. The van der Waals surface area contributed by atoms with Crippen LogP contribution in [-0.4, -0.2) is 22.4 Å². The van der Waals surface area contributed by atoms with Crippen molar-refractivity contribution in [1.29, 1.82) is 0 Å². The molecule has 3 nitrogen and oxygen atoms in total. The van der Waals surface area contributed by atoms with E-state index in [-0.39, 0.29) is 0 Å². The minimum atomic E-state index is 0.649. The lowest BCUT2D eigenvalue weighted by molar-refractivity contribution is 0.931. The zero-order valence-electron chi connectivity index (χ0n) is 6.15. The molecule has 0 fully saturated rings. The number of fused-ring (bicyclic) bond motifs is 1. The zero-order chi connectivity index (χ0) is 7.84. The van der Waals surface area contributed by atoms with E-state index in [2.05, 4.69) is 9.97 Å². The molecule has 0 aliphatic rings. The normalized spacial score (nSPS) is 10.6. The number of nitrogens with zero attached hydrogens (tertiary/aromatic N) is 3. The number of hydrogen-bond acceptors (Lipinski definition) is 2. The number of imidazole rings is 1. The largest absolute Gasteiger partial charge is 0.318 e. The Morgan fingerprint density at radius 2 is 2.27 bits per heavy atom. The molecule has 0 atom stereocenters. The maximum Gasteiger partial charge on any atom is 0.159 e. The fourth-order valence-corrected chi connectivity index (χ4v) is 1.03. The van der Waals surface area contributed by atoms with Crippen LogP contribution in [-0.2, 0) is 7.05 Å². The molecule has 2 aromatic rings. The van der Waals surface area contributed by atoms with Crippen LogP contribution in [0, 0.1) is 0 Å². The van der Waals surface area contributed by atoms with E-state index >= 15 is 0 Å². The summed E-state index contributed by atoms with van der Waals surface area (Å²) in [6.07, 6.45) is 3.35. The van der Waals surface area contributed by atoms with E-state index in [0.29, 0.717) is 5.46 Å². The summed E-state index contributed by atoms with van der Waals surface area (Å²) in [5, 5.41) is 0. The first-order chi connectivity index (χ1) is 5.27. The first kappa shape index (κ1) is 6.40. The second kappa shape index (κ2) is 2.08. The van der Waals surface area contributed by atoms with Gasteiger partial charge in [-0.05, 0) is 6.07 Å². The van der Waals surface area contributed by atoms with Crippen LogP contribution in [0.3, 0.4) is 0 Å². The average Bonchev–Trinajstić information content (AvgIpc) is 2.32. The summed E-state index contributed by atoms with van der Waals surface area (Å²) in [7, 11) is 7.42. The van der Waals surface area contributed by atoms with E-state index in [1.807, 2.05) is 17.7 Å². The molecular weight excluding hydrogens is 137 g/mol. The molecule has 2 aromatic heterocycles. The average molecular weight is 143 g/mol. The number of hydrogen-bond donors (Lipinski definition) is 0. The highest BCUT2D eigenvalue weighted by Crippen LogP contribution is 2.03. The lowest BCUT2D eigenvalue weighted by Crippen LogP contribution is -2.02. The Hall–Kier alpha value is -1.32. The van der Waals surface area contributed by atoms with Gasteiger partial charge < -0.3 is 4.57 Å². The Kier molecular flexibility index (Phi) is 1.21. The van der Waals surface area contributed by atoms with Crippen LogP contribution in [0.4, 0.5) is 0 Å². The van der Waals surface area contributed by atoms with Crippen molar-refractivity contribution in [2.75, 3.05) is 0 Å². The Morgan fingerprint density at radius 3 is 3.09 bits per heavy atom. The molecule has 52 valence electrons. The van der Waals surface area contributed by atoms with Gasteiger partial charge in [-0.1, -0.05) is 5.46 Å². The van der Waals surface area contributed by atoms with E-state index < -0.39 is 0 Å². The highest BCUT2D eigenvalue weighted by Gasteiger charge is 1.98. The van der Waals surface area contributed by atoms with Crippen molar-refractivity contribution in [3.05, 3.63) is 18.6 Å². The molecule has 2 heterocycles. The lowest BCUT2D eigenvalue weighted by atomic mass is 9.99. The molecule has 0 bridgehead atoms. The fourth-order valence-electron chi connectivity index (χ4n) is 1.03. The van der Waals surface area contributed by atoms with Gasteiger partial charge in [0.05, 0.1) is 6.33 Å². The van der Waals surface area contributed by atoms with Gasteiger partial charge in [0.2, 0.25) is 0 Å². The number of rotatable bonds is 0. The molecule has 0 saturated carbocycles. The molecule has 2 rings (SSSR count). The topological polar surface area (TPSA) is 30.7 Å². The summed E-state index contributed by atoms with van der Waals surface area (Å²) in [5.41, 5.74) is 2.35. The SMILES string of the molecule is [B]c1cnc2c(c1)ncn2C. The molecule has 0 amide bonds. The van der Waals surface area contributed by atoms with Gasteiger partial charge in [0.15, 0.2) is 5.65 Å². The van der Waals surface area contributed by atoms with Gasteiger partial charge in [0.1, 0.15) is 13.4 Å². The van der Waals surface area contributed by atoms with Crippen LogP contribution in [0.15, 0.2) is 18.6 Å². The minimum Gasteiger partial charge on any atom is -0.318 e. The molecule has 0 aliphatic carbocycles. The maximum absolute atomic E-state index is 5.52. The van der Waals surface area contributed by atoms with Crippen molar-refractivity contribution in [3.8, 4) is 0 Å².